The van der Waals surface area contributed by atoms with Crippen LogP contribution in [0.25, 0.3) is 22.6 Å². The van der Waals surface area contributed by atoms with Crippen LogP contribution in [0.1, 0.15) is 16.8 Å². The molecule has 1 unspecified atom stereocenters. The molecule has 7 nitrogen and oxygen atoms in total. The maximum atomic E-state index is 12.6. The predicted molar refractivity (Wildman–Crippen MR) is 111 cm³/mol. The fourth-order valence-corrected chi connectivity index (χ4v) is 3.47. The Hall–Kier alpha value is -2.48. The number of halogens is 2. The van der Waals surface area contributed by atoms with Crippen molar-refractivity contribution in [3.63, 3.8) is 0 Å². The fourth-order valence-electron chi connectivity index (χ4n) is 3.05. The Morgan fingerprint density at radius 3 is 2.86 bits per heavy atom. The monoisotopic (exact) mass is 416 g/mol. The number of rotatable bonds is 6. The largest absolute Gasteiger partial charge is 0.352 e. The van der Waals surface area contributed by atoms with Crippen LogP contribution in [0.3, 0.4) is 0 Å². The Morgan fingerprint density at radius 2 is 2.11 bits per heavy atom. The average molecular weight is 417 g/mol. The van der Waals surface area contributed by atoms with Crippen LogP contribution in [-0.2, 0) is 0 Å². The molecular weight excluding hydrogens is 399 g/mol. The number of pyridine rings is 1. The van der Waals surface area contributed by atoms with Crippen molar-refractivity contribution in [3.05, 3.63) is 48.2 Å². The topological polar surface area (TPSA) is 86.3 Å². The molecule has 0 aliphatic carbocycles. The van der Waals surface area contributed by atoms with Gasteiger partial charge in [0, 0.05) is 24.8 Å². The van der Waals surface area contributed by atoms with Gasteiger partial charge in [-0.15, -0.1) is 0 Å². The number of H-pyrrole nitrogens is 1. The van der Waals surface area contributed by atoms with Gasteiger partial charge in [0.25, 0.3) is 5.91 Å². The summed E-state index contributed by atoms with van der Waals surface area (Å²) in [5.41, 5.74) is 2.22. The molecule has 2 aromatic heterocycles. The van der Waals surface area contributed by atoms with Crippen molar-refractivity contribution in [2.75, 3.05) is 19.8 Å². The minimum Gasteiger partial charge on any atom is -0.352 e. The lowest BCUT2D eigenvalue weighted by Gasteiger charge is -2.18. The molecule has 3 heterocycles. The number of nitrogens with one attached hydrogen (secondary N) is 2. The third-order valence-corrected chi connectivity index (χ3v) is 5.43. The van der Waals surface area contributed by atoms with E-state index in [4.69, 9.17) is 23.2 Å². The lowest BCUT2D eigenvalue weighted by molar-refractivity contribution is 0.0953. The van der Waals surface area contributed by atoms with Crippen LogP contribution in [0.15, 0.2) is 47.6 Å². The molecule has 144 valence electrons. The molecule has 1 atom stereocenters. The number of carbonyl (C=O) groups is 1. The zero-order valence-corrected chi connectivity index (χ0v) is 16.4. The van der Waals surface area contributed by atoms with Gasteiger partial charge in [0.15, 0.2) is 5.65 Å². The van der Waals surface area contributed by atoms with E-state index in [1.165, 1.54) is 0 Å². The highest BCUT2D eigenvalue weighted by atomic mass is 35.5. The minimum atomic E-state index is -0.376. The first-order chi connectivity index (χ1) is 13.6. The van der Waals surface area contributed by atoms with Crippen molar-refractivity contribution < 1.29 is 4.79 Å². The Balaban J connectivity index is 1.41. The number of nitrogens with zero attached hydrogens (tertiary/aromatic N) is 4. The summed E-state index contributed by atoms with van der Waals surface area (Å²) in [6.07, 6.45) is 2.33. The van der Waals surface area contributed by atoms with Crippen LogP contribution in [0.2, 0.25) is 0 Å². The third-order valence-electron chi connectivity index (χ3n) is 4.51. The molecular formula is C19H18Cl2N6O. The van der Waals surface area contributed by atoms with E-state index < -0.39 is 0 Å². The minimum absolute atomic E-state index is 0.172. The zero-order chi connectivity index (χ0) is 19.5. The molecule has 0 saturated heterocycles. The van der Waals surface area contributed by atoms with E-state index in [9.17, 15) is 4.79 Å². The SMILES string of the molecule is O=C(NCCCN1CN=C(Cl)C1Cl)c1ccnc2nc(-c3ccccc3)[nH]c12. The summed E-state index contributed by atoms with van der Waals surface area (Å²) >= 11 is 12.0. The third kappa shape index (κ3) is 3.87. The van der Waals surface area contributed by atoms with E-state index in [1.54, 1.807) is 12.3 Å². The van der Waals surface area contributed by atoms with Gasteiger partial charge < -0.3 is 10.3 Å². The number of aliphatic imine (C=N–C) groups is 1. The summed E-state index contributed by atoms with van der Waals surface area (Å²) in [7, 11) is 0. The van der Waals surface area contributed by atoms with E-state index in [0.717, 1.165) is 12.0 Å². The second-order valence-corrected chi connectivity index (χ2v) is 7.19. The molecule has 1 aromatic carbocycles. The predicted octanol–water partition coefficient (Wildman–Crippen LogP) is 3.22. The molecule has 1 amide bonds. The van der Waals surface area contributed by atoms with Crippen LogP contribution in [0, 0.1) is 0 Å². The van der Waals surface area contributed by atoms with Crippen molar-refractivity contribution in [3.8, 4) is 11.4 Å². The first-order valence-electron chi connectivity index (χ1n) is 8.90. The Morgan fingerprint density at radius 1 is 1.29 bits per heavy atom. The van der Waals surface area contributed by atoms with Gasteiger partial charge in [0.1, 0.15) is 16.5 Å². The molecule has 2 N–H and O–H groups in total. The lowest BCUT2D eigenvalue weighted by Crippen LogP contribution is -2.33. The van der Waals surface area contributed by atoms with Gasteiger partial charge in [-0.2, -0.15) is 0 Å². The van der Waals surface area contributed by atoms with Crippen LogP contribution >= 0.6 is 23.2 Å². The quantitative estimate of drug-likeness (QED) is 0.366. The second-order valence-electron chi connectivity index (χ2n) is 6.39. The number of carbonyl (C=O) groups excluding carboxylic acids is 1. The number of alkyl halides is 1. The van der Waals surface area contributed by atoms with Crippen LogP contribution in [0.4, 0.5) is 0 Å². The highest BCUT2D eigenvalue weighted by molar-refractivity contribution is 6.71. The van der Waals surface area contributed by atoms with E-state index in [1.807, 2.05) is 35.2 Å². The van der Waals surface area contributed by atoms with E-state index in [-0.39, 0.29) is 11.4 Å². The summed E-state index contributed by atoms with van der Waals surface area (Å²) in [6, 6.07) is 11.4. The number of imidazole rings is 1. The lowest BCUT2D eigenvalue weighted by atomic mass is 10.2. The summed E-state index contributed by atoms with van der Waals surface area (Å²) in [4.78, 5) is 30.7. The number of fused-ring (bicyclic) bond motifs is 1. The van der Waals surface area contributed by atoms with Crippen molar-refractivity contribution in [1.29, 1.82) is 0 Å². The van der Waals surface area contributed by atoms with Gasteiger partial charge in [-0.3, -0.25) is 14.7 Å². The van der Waals surface area contributed by atoms with Crippen molar-refractivity contribution >= 4 is 45.4 Å². The summed E-state index contributed by atoms with van der Waals surface area (Å²) in [5.74, 6) is 0.510. The molecule has 0 radical (unpaired) electrons. The summed E-state index contributed by atoms with van der Waals surface area (Å²) in [6.45, 7) is 1.70. The van der Waals surface area contributed by atoms with Gasteiger partial charge >= 0.3 is 0 Å². The van der Waals surface area contributed by atoms with Crippen molar-refractivity contribution in [2.24, 2.45) is 4.99 Å². The van der Waals surface area contributed by atoms with Crippen LogP contribution in [0.5, 0.6) is 0 Å². The highest BCUT2D eigenvalue weighted by Crippen LogP contribution is 2.21. The number of hydrogen-bond donors (Lipinski definition) is 2. The molecule has 3 aromatic rings. The van der Waals surface area contributed by atoms with Gasteiger partial charge in [-0.25, -0.2) is 9.97 Å². The molecule has 0 fully saturated rings. The smallest absolute Gasteiger partial charge is 0.253 e. The van der Waals surface area contributed by atoms with Crippen molar-refractivity contribution in [2.45, 2.75) is 11.9 Å². The maximum Gasteiger partial charge on any atom is 0.253 e. The Bertz CT molecular complexity index is 1020. The van der Waals surface area contributed by atoms with Gasteiger partial charge in [-0.1, -0.05) is 53.5 Å². The van der Waals surface area contributed by atoms with E-state index in [0.29, 0.717) is 47.5 Å². The van der Waals surface area contributed by atoms with Gasteiger partial charge in [-0.05, 0) is 12.5 Å². The molecule has 4 rings (SSSR count). The first kappa shape index (κ1) is 18.9. The number of hydrogen-bond acceptors (Lipinski definition) is 5. The molecule has 0 saturated carbocycles. The average Bonchev–Trinajstić information content (AvgIpc) is 3.30. The highest BCUT2D eigenvalue weighted by Gasteiger charge is 2.25. The molecule has 0 bridgehead atoms. The van der Waals surface area contributed by atoms with E-state index >= 15 is 0 Å². The summed E-state index contributed by atoms with van der Waals surface area (Å²) < 4.78 is 0. The molecule has 1 aliphatic rings. The Labute approximate surface area is 171 Å². The second kappa shape index (κ2) is 8.26. The maximum absolute atomic E-state index is 12.6. The zero-order valence-electron chi connectivity index (χ0n) is 14.9. The first-order valence-corrected chi connectivity index (χ1v) is 9.71. The fraction of sp³-hybridized carbons (Fsp3) is 0.263. The number of aromatic nitrogens is 3. The molecule has 28 heavy (non-hydrogen) atoms. The molecule has 9 heteroatoms. The number of amides is 1. The van der Waals surface area contributed by atoms with Crippen LogP contribution < -0.4 is 5.32 Å². The normalized spacial score (nSPS) is 17.1. The Kier molecular flexibility index (Phi) is 5.57. The van der Waals surface area contributed by atoms with Gasteiger partial charge in [0.2, 0.25) is 0 Å². The number of aromatic amines is 1. The molecule has 0 spiro atoms. The molecule has 1 aliphatic heterocycles. The number of benzene rings is 1. The van der Waals surface area contributed by atoms with E-state index in [2.05, 4.69) is 25.3 Å². The van der Waals surface area contributed by atoms with Crippen molar-refractivity contribution in [1.82, 2.24) is 25.2 Å². The van der Waals surface area contributed by atoms with Crippen LogP contribution in [-0.4, -0.2) is 56.2 Å². The summed E-state index contributed by atoms with van der Waals surface area (Å²) in [5, 5.41) is 3.35. The van der Waals surface area contributed by atoms with Gasteiger partial charge in [0.05, 0.1) is 17.7 Å². The standard InChI is InChI=1S/C19H18Cl2N6O/c20-15-16(21)27(11-24-15)10-4-8-23-19(28)13-7-9-22-18-14(13)25-17(26-18)12-5-2-1-3-6-12/h1-3,5-7,9,16H,4,8,10-11H2,(H,23,28)(H,22,25,26).